The van der Waals surface area contributed by atoms with E-state index in [1.807, 2.05) is 25.1 Å². The summed E-state index contributed by atoms with van der Waals surface area (Å²) >= 11 is 6.86. The largest absolute Gasteiger partial charge is 0.496 e. The molecule has 1 aliphatic heterocycles. The number of aryl methyl sites for hydroxylation is 1. The number of benzene rings is 2. The van der Waals surface area contributed by atoms with Crippen LogP contribution in [0.3, 0.4) is 0 Å². The minimum Gasteiger partial charge on any atom is -0.496 e. The van der Waals surface area contributed by atoms with Gasteiger partial charge in [0.05, 0.1) is 17.7 Å². The molecule has 2 amide bonds. The number of hydrogen-bond donors (Lipinski definition) is 0. The lowest BCUT2D eigenvalue weighted by atomic mass is 10.1. The molecular weight excluding hydrogens is 346 g/mol. The van der Waals surface area contributed by atoms with Gasteiger partial charge in [-0.05, 0) is 60.2 Å². The molecule has 4 nitrogen and oxygen atoms in total. The summed E-state index contributed by atoms with van der Waals surface area (Å²) in [7, 11) is 1.60. The molecule has 6 heteroatoms. The first-order valence-corrected chi connectivity index (χ1v) is 8.37. The summed E-state index contributed by atoms with van der Waals surface area (Å²) in [4.78, 5) is 26.3. The van der Waals surface area contributed by atoms with E-state index in [-0.39, 0.29) is 11.1 Å². The number of imide groups is 1. The lowest BCUT2D eigenvalue weighted by Gasteiger charge is -2.12. The van der Waals surface area contributed by atoms with Gasteiger partial charge in [-0.3, -0.25) is 9.59 Å². The lowest BCUT2D eigenvalue weighted by Crippen LogP contribution is -2.27. The van der Waals surface area contributed by atoms with Gasteiger partial charge in [0.15, 0.2) is 0 Å². The second-order valence-corrected chi connectivity index (χ2v) is 6.66. The molecule has 1 saturated heterocycles. The predicted octanol–water partition coefficient (Wildman–Crippen LogP) is 4.90. The fourth-order valence-corrected chi connectivity index (χ4v) is 3.41. The van der Waals surface area contributed by atoms with Crippen molar-refractivity contribution < 1.29 is 14.3 Å². The van der Waals surface area contributed by atoms with E-state index in [4.69, 9.17) is 16.3 Å². The van der Waals surface area contributed by atoms with Crippen LogP contribution < -0.4 is 9.64 Å². The van der Waals surface area contributed by atoms with Gasteiger partial charge in [0.25, 0.3) is 11.1 Å². The molecule has 1 fully saturated rings. The monoisotopic (exact) mass is 359 g/mol. The molecule has 0 unspecified atom stereocenters. The van der Waals surface area contributed by atoms with Gasteiger partial charge in [0, 0.05) is 5.02 Å². The first-order chi connectivity index (χ1) is 11.5. The zero-order chi connectivity index (χ0) is 17.3. The fraction of sp³-hybridized carbons (Fsp3) is 0.111. The molecule has 0 N–H and O–H groups in total. The second kappa shape index (κ2) is 6.71. The topological polar surface area (TPSA) is 46.6 Å². The number of anilines is 1. The normalized spacial score (nSPS) is 16.1. The molecule has 0 aromatic heterocycles. The smallest absolute Gasteiger partial charge is 0.298 e. The summed E-state index contributed by atoms with van der Waals surface area (Å²) in [5.41, 5.74) is 2.27. The van der Waals surface area contributed by atoms with Crippen molar-refractivity contribution in [2.24, 2.45) is 0 Å². The summed E-state index contributed by atoms with van der Waals surface area (Å²) < 4.78 is 5.29. The Morgan fingerprint density at radius 3 is 2.67 bits per heavy atom. The Labute approximate surface area is 149 Å². The van der Waals surface area contributed by atoms with Crippen LogP contribution in [0.4, 0.5) is 10.5 Å². The number of amides is 2. The Bertz CT molecular complexity index is 863. The highest BCUT2D eigenvalue weighted by molar-refractivity contribution is 8.19. The second-order valence-electron chi connectivity index (χ2n) is 5.23. The zero-order valence-electron chi connectivity index (χ0n) is 13.1. The molecule has 3 rings (SSSR count). The molecule has 2 aromatic carbocycles. The van der Waals surface area contributed by atoms with Crippen molar-refractivity contribution in [3.05, 3.63) is 63.5 Å². The molecular formula is C18H14ClNO3S. The third-order valence-corrected chi connectivity index (χ3v) is 4.69. The van der Waals surface area contributed by atoms with Gasteiger partial charge >= 0.3 is 0 Å². The molecule has 2 aromatic rings. The number of ether oxygens (including phenoxy) is 1. The Morgan fingerprint density at radius 1 is 1.17 bits per heavy atom. The SMILES string of the molecule is COc1cc(/C=C2\SC(=O)N(c3cccc(Cl)c3)C2=O)ccc1C. The number of carbonyl (C=O) groups is 2. The lowest BCUT2D eigenvalue weighted by molar-refractivity contribution is -0.113. The highest BCUT2D eigenvalue weighted by Crippen LogP contribution is 2.36. The van der Waals surface area contributed by atoms with Gasteiger partial charge < -0.3 is 4.74 Å². The van der Waals surface area contributed by atoms with E-state index in [1.165, 1.54) is 0 Å². The number of methoxy groups -OCH3 is 1. The van der Waals surface area contributed by atoms with Crippen LogP contribution in [0.25, 0.3) is 6.08 Å². The van der Waals surface area contributed by atoms with Crippen molar-refractivity contribution in [3.8, 4) is 5.75 Å². The zero-order valence-corrected chi connectivity index (χ0v) is 14.6. The van der Waals surface area contributed by atoms with Crippen LogP contribution >= 0.6 is 23.4 Å². The molecule has 0 aliphatic carbocycles. The standard InChI is InChI=1S/C18H14ClNO3S/c1-11-6-7-12(8-15(11)23-2)9-16-17(21)20(18(22)24-16)14-5-3-4-13(19)10-14/h3-10H,1-2H3/b16-9-. The van der Waals surface area contributed by atoms with Gasteiger partial charge in [-0.2, -0.15) is 0 Å². The molecule has 0 atom stereocenters. The molecule has 24 heavy (non-hydrogen) atoms. The van der Waals surface area contributed by atoms with Gasteiger partial charge in [0.1, 0.15) is 5.75 Å². The van der Waals surface area contributed by atoms with E-state index in [1.54, 1.807) is 37.5 Å². The van der Waals surface area contributed by atoms with Crippen LogP contribution in [0.15, 0.2) is 47.4 Å². The van der Waals surface area contributed by atoms with Crippen molar-refractivity contribution in [2.45, 2.75) is 6.92 Å². The van der Waals surface area contributed by atoms with Crippen molar-refractivity contribution >= 4 is 46.3 Å². The van der Waals surface area contributed by atoms with Gasteiger partial charge in [-0.1, -0.05) is 29.8 Å². The van der Waals surface area contributed by atoms with Crippen LogP contribution in [-0.4, -0.2) is 18.3 Å². The summed E-state index contributed by atoms with van der Waals surface area (Å²) in [5.74, 6) is 0.379. The van der Waals surface area contributed by atoms with E-state index >= 15 is 0 Å². The molecule has 0 radical (unpaired) electrons. The quantitative estimate of drug-likeness (QED) is 0.731. The minimum absolute atomic E-state index is 0.340. The van der Waals surface area contributed by atoms with Crippen LogP contribution in [0, 0.1) is 6.92 Å². The maximum atomic E-state index is 12.6. The van der Waals surface area contributed by atoms with Gasteiger partial charge in [-0.15, -0.1) is 0 Å². The average molecular weight is 360 g/mol. The summed E-state index contributed by atoms with van der Waals surface area (Å²) in [6, 6.07) is 12.3. The Kier molecular flexibility index (Phi) is 4.64. The average Bonchev–Trinajstić information content (AvgIpc) is 2.83. The summed E-state index contributed by atoms with van der Waals surface area (Å²) in [5, 5.41) is 0.131. The molecule has 0 saturated carbocycles. The van der Waals surface area contributed by atoms with Crippen LogP contribution in [0.5, 0.6) is 5.75 Å². The van der Waals surface area contributed by atoms with Crippen molar-refractivity contribution in [1.82, 2.24) is 0 Å². The number of thioether (sulfide) groups is 1. The van der Waals surface area contributed by atoms with E-state index in [0.29, 0.717) is 15.6 Å². The van der Waals surface area contributed by atoms with E-state index in [9.17, 15) is 9.59 Å². The first-order valence-electron chi connectivity index (χ1n) is 7.18. The maximum Gasteiger partial charge on any atom is 0.298 e. The molecule has 1 aliphatic rings. The number of rotatable bonds is 3. The molecule has 122 valence electrons. The fourth-order valence-electron chi connectivity index (χ4n) is 2.38. The highest BCUT2D eigenvalue weighted by Gasteiger charge is 2.36. The van der Waals surface area contributed by atoms with Gasteiger partial charge in [0.2, 0.25) is 0 Å². The van der Waals surface area contributed by atoms with Crippen LogP contribution in [0.1, 0.15) is 11.1 Å². The number of hydrogen-bond acceptors (Lipinski definition) is 4. The Balaban J connectivity index is 1.94. The van der Waals surface area contributed by atoms with E-state index in [0.717, 1.165) is 33.5 Å². The van der Waals surface area contributed by atoms with Crippen LogP contribution in [-0.2, 0) is 4.79 Å². The van der Waals surface area contributed by atoms with Crippen molar-refractivity contribution in [2.75, 3.05) is 12.0 Å². The Morgan fingerprint density at radius 2 is 1.96 bits per heavy atom. The Hall–Kier alpha value is -2.24. The molecule has 1 heterocycles. The van der Waals surface area contributed by atoms with Crippen molar-refractivity contribution in [1.29, 1.82) is 0 Å². The predicted molar refractivity (Wildman–Crippen MR) is 97.6 cm³/mol. The van der Waals surface area contributed by atoms with Crippen LogP contribution in [0.2, 0.25) is 5.02 Å². The summed E-state index contributed by atoms with van der Waals surface area (Å²) in [6.45, 7) is 1.94. The number of carbonyl (C=O) groups excluding carboxylic acids is 2. The third-order valence-electron chi connectivity index (χ3n) is 3.59. The highest BCUT2D eigenvalue weighted by atomic mass is 35.5. The van der Waals surface area contributed by atoms with Gasteiger partial charge in [-0.25, -0.2) is 4.90 Å². The number of halogens is 1. The summed E-state index contributed by atoms with van der Waals surface area (Å²) in [6.07, 6.45) is 1.69. The molecule has 0 bridgehead atoms. The van der Waals surface area contributed by atoms with Crippen molar-refractivity contribution in [3.63, 3.8) is 0 Å². The maximum absolute atomic E-state index is 12.6. The van der Waals surface area contributed by atoms with E-state index < -0.39 is 0 Å². The minimum atomic E-state index is -0.355. The number of nitrogens with zero attached hydrogens (tertiary/aromatic N) is 1. The third kappa shape index (κ3) is 3.18. The first kappa shape index (κ1) is 16.6. The molecule has 0 spiro atoms. The van der Waals surface area contributed by atoms with E-state index in [2.05, 4.69) is 0 Å².